The maximum atomic E-state index is 12.2. The van der Waals surface area contributed by atoms with Crippen LogP contribution in [0.4, 0.5) is 10.5 Å². The minimum absolute atomic E-state index is 0.0714. The summed E-state index contributed by atoms with van der Waals surface area (Å²) < 4.78 is 0. The quantitative estimate of drug-likeness (QED) is 0.890. The Hall–Kier alpha value is -1.75. The van der Waals surface area contributed by atoms with E-state index in [9.17, 15) is 9.59 Å². The summed E-state index contributed by atoms with van der Waals surface area (Å²) in [6, 6.07) is 3.85. The average molecular weight is 299 g/mol. The lowest BCUT2D eigenvalue weighted by Crippen LogP contribution is -2.46. The van der Waals surface area contributed by atoms with Crippen molar-refractivity contribution in [3.63, 3.8) is 0 Å². The Bertz CT molecular complexity index is 529. The monoisotopic (exact) mass is 298 g/mol. The normalized spacial score (nSPS) is 11.1. The number of anilines is 1. The summed E-state index contributed by atoms with van der Waals surface area (Å²) in [6.45, 7) is 5.88. The van der Waals surface area contributed by atoms with Crippen molar-refractivity contribution in [1.29, 1.82) is 0 Å². The largest absolute Gasteiger partial charge is 0.478 e. The average Bonchev–Trinajstić information content (AvgIpc) is 2.39. The third kappa shape index (κ3) is 3.63. The van der Waals surface area contributed by atoms with Gasteiger partial charge in [0.05, 0.1) is 16.3 Å². The molecule has 5 nitrogen and oxygen atoms in total. The molecule has 0 saturated heterocycles. The van der Waals surface area contributed by atoms with Crippen molar-refractivity contribution in [2.45, 2.75) is 32.7 Å². The van der Waals surface area contributed by atoms with Crippen molar-refractivity contribution in [2.24, 2.45) is 0 Å². The van der Waals surface area contributed by atoms with Gasteiger partial charge < -0.3 is 15.3 Å². The Balaban J connectivity index is 2.96. The van der Waals surface area contributed by atoms with Crippen molar-refractivity contribution < 1.29 is 14.7 Å². The Morgan fingerprint density at radius 2 is 2.00 bits per heavy atom. The summed E-state index contributed by atoms with van der Waals surface area (Å²) in [5.74, 6) is -1.07. The Labute approximate surface area is 123 Å². The molecule has 0 fully saturated rings. The summed E-state index contributed by atoms with van der Waals surface area (Å²) in [4.78, 5) is 24.6. The SMILES string of the molecule is CCC(C)(C)N(C)C(=O)Nc1cc(C(=O)O)ccc1Cl. The summed E-state index contributed by atoms with van der Waals surface area (Å²) in [5.41, 5.74) is 0.0541. The zero-order chi connectivity index (χ0) is 15.5. The second-order valence-corrected chi connectivity index (χ2v) is 5.56. The van der Waals surface area contributed by atoms with Crippen LogP contribution >= 0.6 is 11.6 Å². The van der Waals surface area contributed by atoms with Crippen LogP contribution in [0.2, 0.25) is 5.02 Å². The van der Waals surface area contributed by atoms with E-state index in [-0.39, 0.29) is 22.8 Å². The fourth-order valence-electron chi connectivity index (χ4n) is 1.47. The highest BCUT2D eigenvalue weighted by atomic mass is 35.5. The van der Waals surface area contributed by atoms with Gasteiger partial charge in [0.1, 0.15) is 0 Å². The number of amides is 2. The molecule has 0 spiro atoms. The number of hydrogen-bond acceptors (Lipinski definition) is 2. The number of rotatable bonds is 4. The van der Waals surface area contributed by atoms with Crippen molar-refractivity contribution in [2.75, 3.05) is 12.4 Å². The van der Waals surface area contributed by atoms with Crippen LogP contribution < -0.4 is 5.32 Å². The third-order valence-corrected chi connectivity index (χ3v) is 3.86. The zero-order valence-electron chi connectivity index (χ0n) is 12.0. The zero-order valence-corrected chi connectivity index (χ0v) is 12.8. The fourth-order valence-corrected chi connectivity index (χ4v) is 1.63. The van der Waals surface area contributed by atoms with Gasteiger partial charge in [-0.3, -0.25) is 0 Å². The second-order valence-electron chi connectivity index (χ2n) is 5.15. The second kappa shape index (κ2) is 6.13. The molecule has 0 unspecified atom stereocenters. The molecule has 0 saturated carbocycles. The van der Waals surface area contributed by atoms with E-state index >= 15 is 0 Å². The number of carbonyl (C=O) groups is 2. The Morgan fingerprint density at radius 3 is 2.50 bits per heavy atom. The molecule has 0 radical (unpaired) electrons. The van der Waals surface area contributed by atoms with E-state index in [1.165, 1.54) is 18.2 Å². The lowest BCUT2D eigenvalue weighted by atomic mass is 10.0. The molecule has 0 atom stereocenters. The van der Waals surface area contributed by atoms with E-state index < -0.39 is 5.97 Å². The van der Waals surface area contributed by atoms with E-state index in [1.807, 2.05) is 20.8 Å². The molecular formula is C14H19ClN2O3. The summed E-state index contributed by atoms with van der Waals surface area (Å²) >= 11 is 5.97. The third-order valence-electron chi connectivity index (χ3n) is 3.53. The van der Waals surface area contributed by atoms with Crippen molar-refractivity contribution in [3.05, 3.63) is 28.8 Å². The lowest BCUT2D eigenvalue weighted by Gasteiger charge is -2.34. The molecule has 2 amide bonds. The van der Waals surface area contributed by atoms with Gasteiger partial charge in [-0.2, -0.15) is 0 Å². The van der Waals surface area contributed by atoms with Gasteiger partial charge in [0.15, 0.2) is 0 Å². The molecule has 1 aromatic rings. The first-order valence-electron chi connectivity index (χ1n) is 6.26. The lowest BCUT2D eigenvalue weighted by molar-refractivity contribution is 0.0697. The van der Waals surface area contributed by atoms with Gasteiger partial charge in [-0.25, -0.2) is 9.59 Å². The molecule has 0 bridgehead atoms. The standard InChI is InChI=1S/C14H19ClN2O3/c1-5-14(2,3)17(4)13(20)16-11-8-9(12(18)19)6-7-10(11)15/h6-8H,5H2,1-4H3,(H,16,20)(H,18,19). The van der Waals surface area contributed by atoms with Crippen molar-refractivity contribution in [1.82, 2.24) is 4.90 Å². The number of aromatic carboxylic acids is 1. The molecule has 1 aromatic carbocycles. The minimum atomic E-state index is -1.07. The van der Waals surface area contributed by atoms with E-state index in [4.69, 9.17) is 16.7 Å². The summed E-state index contributed by atoms with van der Waals surface area (Å²) in [7, 11) is 1.69. The molecule has 0 aliphatic heterocycles. The van der Waals surface area contributed by atoms with Crippen LogP contribution in [0.5, 0.6) is 0 Å². The molecule has 6 heteroatoms. The highest BCUT2D eigenvalue weighted by Gasteiger charge is 2.26. The number of nitrogens with one attached hydrogen (secondary N) is 1. The molecule has 0 aliphatic carbocycles. The number of carboxylic acids is 1. The molecule has 1 rings (SSSR count). The first kappa shape index (κ1) is 16.3. The van der Waals surface area contributed by atoms with Crippen LogP contribution in [0.15, 0.2) is 18.2 Å². The van der Waals surface area contributed by atoms with Gasteiger partial charge in [0.2, 0.25) is 0 Å². The van der Waals surface area contributed by atoms with Crippen LogP contribution in [-0.4, -0.2) is 34.6 Å². The maximum absolute atomic E-state index is 12.2. The summed E-state index contributed by atoms with van der Waals surface area (Å²) in [5, 5.41) is 11.9. The Kier molecular flexibility index (Phi) is 5.00. The van der Waals surface area contributed by atoms with Crippen LogP contribution in [0.3, 0.4) is 0 Å². The number of carbonyl (C=O) groups excluding carboxylic acids is 1. The predicted molar refractivity (Wildman–Crippen MR) is 79.6 cm³/mol. The number of halogens is 1. The van der Waals surface area contributed by atoms with E-state index in [0.717, 1.165) is 6.42 Å². The number of hydrogen-bond donors (Lipinski definition) is 2. The molecule has 2 N–H and O–H groups in total. The highest BCUT2D eigenvalue weighted by molar-refractivity contribution is 6.33. The number of benzene rings is 1. The van der Waals surface area contributed by atoms with Crippen molar-refractivity contribution >= 4 is 29.3 Å². The summed E-state index contributed by atoms with van der Waals surface area (Å²) in [6.07, 6.45) is 0.791. The first-order valence-corrected chi connectivity index (χ1v) is 6.64. The maximum Gasteiger partial charge on any atom is 0.335 e. The van der Waals surface area contributed by atoms with Crippen molar-refractivity contribution in [3.8, 4) is 0 Å². The van der Waals surface area contributed by atoms with E-state index in [2.05, 4.69) is 5.32 Å². The van der Waals surface area contributed by atoms with Gasteiger partial charge >= 0.3 is 12.0 Å². The smallest absolute Gasteiger partial charge is 0.335 e. The molecule has 110 valence electrons. The van der Waals surface area contributed by atoms with Gasteiger partial charge in [0.25, 0.3) is 0 Å². The topological polar surface area (TPSA) is 69.6 Å². The van der Waals surface area contributed by atoms with Crippen LogP contribution in [0.1, 0.15) is 37.6 Å². The van der Waals surface area contributed by atoms with Gasteiger partial charge in [-0.1, -0.05) is 18.5 Å². The fraction of sp³-hybridized carbons (Fsp3) is 0.429. The Morgan fingerprint density at radius 1 is 1.40 bits per heavy atom. The van der Waals surface area contributed by atoms with E-state index in [1.54, 1.807) is 11.9 Å². The molecular weight excluding hydrogens is 280 g/mol. The number of carboxylic acid groups (broad SMARTS) is 1. The van der Waals surface area contributed by atoms with Gasteiger partial charge in [-0.15, -0.1) is 0 Å². The number of nitrogens with zero attached hydrogens (tertiary/aromatic N) is 1. The molecule has 0 aliphatic rings. The molecule has 0 aromatic heterocycles. The van der Waals surface area contributed by atoms with Gasteiger partial charge in [-0.05, 0) is 38.5 Å². The highest BCUT2D eigenvalue weighted by Crippen LogP contribution is 2.25. The molecule has 0 heterocycles. The van der Waals surface area contributed by atoms with Crippen LogP contribution in [-0.2, 0) is 0 Å². The molecule has 20 heavy (non-hydrogen) atoms. The van der Waals surface area contributed by atoms with E-state index in [0.29, 0.717) is 5.02 Å². The van der Waals surface area contributed by atoms with Gasteiger partial charge in [0, 0.05) is 12.6 Å². The van der Waals surface area contributed by atoms with Crippen LogP contribution in [0.25, 0.3) is 0 Å². The van der Waals surface area contributed by atoms with Crippen LogP contribution in [0, 0.1) is 0 Å². The first-order chi connectivity index (χ1) is 9.19. The predicted octanol–water partition coefficient (Wildman–Crippen LogP) is 3.69. The number of urea groups is 1. The minimum Gasteiger partial charge on any atom is -0.478 e.